The Morgan fingerprint density at radius 1 is 0.607 bits per heavy atom. The summed E-state index contributed by atoms with van der Waals surface area (Å²) in [5.41, 5.74) is 3.04. The van der Waals surface area contributed by atoms with Crippen molar-refractivity contribution in [2.24, 2.45) is 10.2 Å². The van der Waals surface area contributed by atoms with Crippen LogP contribution in [0.15, 0.2) is 70.9 Å². The monoisotopic (exact) mass is 372 g/mol. The van der Waals surface area contributed by atoms with E-state index in [4.69, 9.17) is 0 Å². The van der Waals surface area contributed by atoms with Crippen molar-refractivity contribution in [3.63, 3.8) is 0 Å². The highest BCUT2D eigenvalue weighted by Crippen LogP contribution is 2.33. The minimum Gasteiger partial charge on any atom is -0.367 e. The maximum Gasteiger partial charge on any atom is 0.193 e. The van der Waals surface area contributed by atoms with Crippen LogP contribution >= 0.6 is 0 Å². The first-order valence-corrected chi connectivity index (χ1v) is 8.77. The zero-order chi connectivity index (χ0) is 19.1. The molecule has 0 aliphatic carbocycles. The molecule has 0 saturated carbocycles. The molecule has 0 spiro atoms. The lowest BCUT2D eigenvalue weighted by Gasteiger charge is -2.31. The minimum absolute atomic E-state index is 0.365. The van der Waals surface area contributed by atoms with Gasteiger partial charge in [0.05, 0.1) is 23.8 Å². The average molecular weight is 372 g/mol. The molecule has 3 heterocycles. The smallest absolute Gasteiger partial charge is 0.193 e. The highest BCUT2D eigenvalue weighted by atomic mass is 16.3. The normalized spacial score (nSPS) is 20.1. The lowest BCUT2D eigenvalue weighted by atomic mass is 10.1. The number of aromatic nitrogens is 2. The summed E-state index contributed by atoms with van der Waals surface area (Å²) < 4.78 is 0. The number of aliphatic hydroxyl groups excluding tert-OH is 2. The van der Waals surface area contributed by atoms with Gasteiger partial charge in [0.15, 0.2) is 12.5 Å². The Morgan fingerprint density at radius 3 is 1.39 bits per heavy atom. The molecule has 0 amide bonds. The number of hydrogen-bond donors (Lipinski definition) is 2. The van der Waals surface area contributed by atoms with E-state index < -0.39 is 12.5 Å². The van der Waals surface area contributed by atoms with Crippen LogP contribution in [0.4, 0.5) is 11.4 Å². The number of para-hydroxylation sites is 2. The molecule has 3 aromatic rings. The van der Waals surface area contributed by atoms with Gasteiger partial charge in [-0.15, -0.1) is 0 Å². The zero-order valence-electron chi connectivity index (χ0n) is 14.7. The fourth-order valence-electron chi connectivity index (χ4n) is 3.23. The molecule has 2 aliphatic rings. The topological polar surface area (TPSA) is 97.4 Å². The SMILES string of the molecule is OC1c2nc3c(nc2C=NN1c1ccccc1)C(O)N(c1ccccc1)N=C3. The summed E-state index contributed by atoms with van der Waals surface area (Å²) in [6, 6.07) is 18.6. The number of fused-ring (bicyclic) bond motifs is 2. The minimum atomic E-state index is -1.09. The second-order valence-electron chi connectivity index (χ2n) is 6.36. The van der Waals surface area contributed by atoms with E-state index in [0.717, 1.165) is 11.4 Å². The number of hydrogen-bond acceptors (Lipinski definition) is 8. The molecule has 138 valence electrons. The fourth-order valence-corrected chi connectivity index (χ4v) is 3.23. The second kappa shape index (κ2) is 6.52. The second-order valence-corrected chi connectivity index (χ2v) is 6.36. The Kier molecular flexibility index (Phi) is 3.85. The van der Waals surface area contributed by atoms with Crippen LogP contribution in [0.3, 0.4) is 0 Å². The van der Waals surface area contributed by atoms with Crippen LogP contribution in [-0.4, -0.2) is 32.6 Å². The summed E-state index contributed by atoms with van der Waals surface area (Å²) in [4.78, 5) is 9.02. The summed E-state index contributed by atoms with van der Waals surface area (Å²) in [5.74, 6) is 0. The molecular formula is C20H16N6O2. The number of anilines is 2. The van der Waals surface area contributed by atoms with Gasteiger partial charge in [0.25, 0.3) is 0 Å². The van der Waals surface area contributed by atoms with Gasteiger partial charge in [-0.3, -0.25) is 0 Å². The van der Waals surface area contributed by atoms with E-state index in [-0.39, 0.29) is 0 Å². The van der Waals surface area contributed by atoms with Crippen LogP contribution in [0, 0.1) is 0 Å². The van der Waals surface area contributed by atoms with Crippen LogP contribution < -0.4 is 10.0 Å². The molecule has 0 fully saturated rings. The molecule has 0 radical (unpaired) electrons. The molecule has 2 atom stereocenters. The fraction of sp³-hybridized carbons (Fsp3) is 0.100. The Morgan fingerprint density at radius 2 is 1.00 bits per heavy atom. The number of hydrazone groups is 2. The first-order chi connectivity index (χ1) is 13.7. The Balaban J connectivity index is 1.52. The van der Waals surface area contributed by atoms with Crippen molar-refractivity contribution in [2.75, 3.05) is 10.0 Å². The molecule has 28 heavy (non-hydrogen) atoms. The van der Waals surface area contributed by atoms with Gasteiger partial charge in [-0.25, -0.2) is 20.0 Å². The van der Waals surface area contributed by atoms with Crippen molar-refractivity contribution in [2.45, 2.75) is 12.5 Å². The lowest BCUT2D eigenvalue weighted by molar-refractivity contribution is 0.157. The molecule has 5 rings (SSSR count). The van der Waals surface area contributed by atoms with Crippen molar-refractivity contribution in [3.8, 4) is 0 Å². The highest BCUT2D eigenvalue weighted by Gasteiger charge is 2.32. The summed E-state index contributed by atoms with van der Waals surface area (Å²) in [6.45, 7) is 0. The molecule has 8 heteroatoms. The van der Waals surface area contributed by atoms with Gasteiger partial charge in [0.1, 0.15) is 22.8 Å². The van der Waals surface area contributed by atoms with Gasteiger partial charge in [-0.05, 0) is 24.3 Å². The van der Waals surface area contributed by atoms with Gasteiger partial charge >= 0.3 is 0 Å². The molecule has 2 aromatic carbocycles. The van der Waals surface area contributed by atoms with Crippen LogP contribution in [0.5, 0.6) is 0 Å². The first-order valence-electron chi connectivity index (χ1n) is 8.77. The van der Waals surface area contributed by atoms with Crippen molar-refractivity contribution < 1.29 is 10.2 Å². The van der Waals surface area contributed by atoms with Gasteiger partial charge in [0, 0.05) is 0 Å². The van der Waals surface area contributed by atoms with Crippen molar-refractivity contribution >= 4 is 23.8 Å². The van der Waals surface area contributed by atoms with Gasteiger partial charge in [0.2, 0.25) is 0 Å². The molecule has 2 N–H and O–H groups in total. The Labute approximate surface area is 160 Å². The third kappa shape index (κ3) is 2.63. The largest absolute Gasteiger partial charge is 0.367 e. The molecule has 2 unspecified atom stereocenters. The molecule has 8 nitrogen and oxygen atoms in total. The van der Waals surface area contributed by atoms with E-state index in [9.17, 15) is 10.2 Å². The van der Waals surface area contributed by atoms with Crippen LogP contribution in [-0.2, 0) is 0 Å². The highest BCUT2D eigenvalue weighted by molar-refractivity contribution is 5.86. The number of nitrogens with zero attached hydrogens (tertiary/aromatic N) is 6. The maximum absolute atomic E-state index is 10.8. The average Bonchev–Trinajstić information content (AvgIpc) is 2.75. The van der Waals surface area contributed by atoms with Crippen molar-refractivity contribution in [1.29, 1.82) is 0 Å². The summed E-state index contributed by atoms with van der Waals surface area (Å²) >= 11 is 0. The third-order valence-electron chi connectivity index (χ3n) is 4.61. The van der Waals surface area contributed by atoms with E-state index in [0.29, 0.717) is 22.8 Å². The number of aliphatic hydroxyl groups is 2. The predicted molar refractivity (Wildman–Crippen MR) is 105 cm³/mol. The van der Waals surface area contributed by atoms with Gasteiger partial charge in [-0.1, -0.05) is 36.4 Å². The predicted octanol–water partition coefficient (Wildman–Crippen LogP) is 2.17. The Hall–Kier alpha value is -3.62. The molecule has 2 aliphatic heterocycles. The Bertz CT molecular complexity index is 984. The summed E-state index contributed by atoms with van der Waals surface area (Å²) in [7, 11) is 0. The number of benzene rings is 2. The molecule has 1 aromatic heterocycles. The number of rotatable bonds is 2. The first kappa shape index (κ1) is 16.5. The van der Waals surface area contributed by atoms with E-state index in [1.54, 1.807) is 0 Å². The van der Waals surface area contributed by atoms with E-state index >= 15 is 0 Å². The molecule has 0 saturated heterocycles. The zero-order valence-corrected chi connectivity index (χ0v) is 14.7. The van der Waals surface area contributed by atoms with E-state index in [1.165, 1.54) is 22.4 Å². The van der Waals surface area contributed by atoms with E-state index in [2.05, 4.69) is 20.2 Å². The van der Waals surface area contributed by atoms with Crippen LogP contribution in [0.2, 0.25) is 0 Å². The van der Waals surface area contributed by atoms with Crippen LogP contribution in [0.1, 0.15) is 35.2 Å². The molecular weight excluding hydrogens is 356 g/mol. The third-order valence-corrected chi connectivity index (χ3v) is 4.61. The lowest BCUT2D eigenvalue weighted by Crippen LogP contribution is -2.33. The quantitative estimate of drug-likeness (QED) is 0.716. The standard InChI is InChI=1S/C20H16N6O2/c27-19-17-15(11-21-25(19)13-7-3-1-4-8-13)24-18-16(23-17)12-22-26(20(18)28)14-9-5-2-6-10-14/h1-12,19-20,27-28H. The summed E-state index contributed by atoms with van der Waals surface area (Å²) in [6.07, 6.45) is 0.900. The van der Waals surface area contributed by atoms with Gasteiger partial charge in [-0.2, -0.15) is 10.2 Å². The van der Waals surface area contributed by atoms with Crippen molar-refractivity contribution in [1.82, 2.24) is 9.97 Å². The van der Waals surface area contributed by atoms with Crippen molar-refractivity contribution in [3.05, 3.63) is 83.4 Å². The maximum atomic E-state index is 10.8. The molecule has 0 bridgehead atoms. The van der Waals surface area contributed by atoms with E-state index in [1.807, 2.05) is 60.7 Å². The summed E-state index contributed by atoms with van der Waals surface area (Å²) in [5, 5.41) is 33.1. The van der Waals surface area contributed by atoms with Gasteiger partial charge < -0.3 is 10.2 Å². The van der Waals surface area contributed by atoms with Crippen LogP contribution in [0.25, 0.3) is 0 Å².